The van der Waals surface area contributed by atoms with Crippen molar-refractivity contribution in [2.45, 2.75) is 64.4 Å². The summed E-state index contributed by atoms with van der Waals surface area (Å²) in [4.78, 5) is 4.61. The molecule has 6 nitrogen and oxygen atoms in total. The first-order valence-electron chi connectivity index (χ1n) is 9.60. The SMILES string of the molecule is Cc1cccc(-c2nc(CO[C@H]3CCC[C@@H](OC[C@H](O)CO)C3)c(C)o2)c1. The monoisotopic (exact) mass is 375 g/mol. The molecule has 0 spiro atoms. The molecule has 0 unspecified atom stereocenters. The van der Waals surface area contributed by atoms with Crippen LogP contribution >= 0.6 is 0 Å². The van der Waals surface area contributed by atoms with Crippen molar-refractivity contribution < 1.29 is 24.1 Å². The Kier molecular flexibility index (Phi) is 7.01. The van der Waals surface area contributed by atoms with Gasteiger partial charge in [0.25, 0.3) is 0 Å². The quantitative estimate of drug-likeness (QED) is 0.737. The van der Waals surface area contributed by atoms with Crippen molar-refractivity contribution in [2.75, 3.05) is 13.2 Å². The van der Waals surface area contributed by atoms with E-state index in [0.29, 0.717) is 12.5 Å². The maximum absolute atomic E-state index is 9.43. The third-order valence-corrected chi connectivity index (χ3v) is 4.93. The summed E-state index contributed by atoms with van der Waals surface area (Å²) < 4.78 is 17.6. The van der Waals surface area contributed by atoms with Gasteiger partial charge in [-0.1, -0.05) is 17.7 Å². The third kappa shape index (κ3) is 5.62. The molecule has 2 aromatic rings. The summed E-state index contributed by atoms with van der Waals surface area (Å²) >= 11 is 0. The van der Waals surface area contributed by atoms with E-state index < -0.39 is 6.10 Å². The number of benzene rings is 1. The molecule has 3 atom stereocenters. The summed E-state index contributed by atoms with van der Waals surface area (Å²) in [5.74, 6) is 1.40. The van der Waals surface area contributed by atoms with Gasteiger partial charge in [-0.05, 0) is 51.7 Å². The largest absolute Gasteiger partial charge is 0.441 e. The minimum Gasteiger partial charge on any atom is -0.441 e. The number of hydrogen-bond acceptors (Lipinski definition) is 6. The van der Waals surface area contributed by atoms with Crippen molar-refractivity contribution in [3.8, 4) is 11.5 Å². The second kappa shape index (κ2) is 9.46. The number of ether oxygens (including phenoxy) is 2. The number of hydrogen-bond donors (Lipinski definition) is 2. The number of aryl methyl sites for hydroxylation is 2. The maximum Gasteiger partial charge on any atom is 0.226 e. The molecule has 0 bridgehead atoms. The Labute approximate surface area is 160 Å². The Morgan fingerprint density at radius 1 is 1.22 bits per heavy atom. The van der Waals surface area contributed by atoms with Gasteiger partial charge in [-0.25, -0.2) is 4.98 Å². The highest BCUT2D eigenvalue weighted by Crippen LogP contribution is 2.27. The average Bonchev–Trinajstić information content (AvgIpc) is 3.05. The van der Waals surface area contributed by atoms with E-state index in [1.807, 2.05) is 32.0 Å². The predicted octanol–water partition coefficient (Wildman–Crippen LogP) is 3.16. The fourth-order valence-corrected chi connectivity index (χ4v) is 3.37. The van der Waals surface area contributed by atoms with Crippen molar-refractivity contribution in [1.29, 1.82) is 0 Å². The second-order valence-corrected chi connectivity index (χ2v) is 7.28. The lowest BCUT2D eigenvalue weighted by Crippen LogP contribution is -2.31. The standard InChI is InChI=1S/C21H29NO5/c1-14-5-3-6-16(9-14)21-22-20(15(2)27-21)13-26-19-8-4-7-18(10-19)25-12-17(24)11-23/h3,5-6,9,17-19,23-24H,4,7-8,10-13H2,1-2H3/t17-,18-,19+/m1/s1. The van der Waals surface area contributed by atoms with Gasteiger partial charge in [-0.3, -0.25) is 0 Å². The van der Waals surface area contributed by atoms with Crippen LogP contribution < -0.4 is 0 Å². The molecule has 2 N–H and O–H groups in total. The average molecular weight is 375 g/mol. The smallest absolute Gasteiger partial charge is 0.226 e. The molecule has 0 radical (unpaired) electrons. The number of aliphatic hydroxyl groups is 2. The van der Waals surface area contributed by atoms with E-state index in [4.69, 9.17) is 19.0 Å². The van der Waals surface area contributed by atoms with Crippen LogP contribution in [0.2, 0.25) is 0 Å². The topological polar surface area (TPSA) is 85.0 Å². The third-order valence-electron chi connectivity index (χ3n) is 4.93. The summed E-state index contributed by atoms with van der Waals surface area (Å²) in [5.41, 5.74) is 2.96. The molecule has 3 rings (SSSR count). The van der Waals surface area contributed by atoms with Crippen LogP contribution in [0.3, 0.4) is 0 Å². The van der Waals surface area contributed by atoms with Crippen LogP contribution in [0.5, 0.6) is 0 Å². The first-order chi connectivity index (χ1) is 13.0. The molecule has 0 saturated heterocycles. The molecule has 148 valence electrons. The molecular formula is C21H29NO5. The molecule has 6 heteroatoms. The minimum absolute atomic E-state index is 0.0613. The number of oxazole rings is 1. The predicted molar refractivity (Wildman–Crippen MR) is 101 cm³/mol. The van der Waals surface area contributed by atoms with E-state index in [2.05, 4.69) is 11.1 Å². The van der Waals surface area contributed by atoms with Crippen molar-refractivity contribution in [3.05, 3.63) is 41.3 Å². The van der Waals surface area contributed by atoms with Gasteiger partial charge >= 0.3 is 0 Å². The van der Waals surface area contributed by atoms with E-state index >= 15 is 0 Å². The van der Waals surface area contributed by atoms with E-state index in [1.165, 1.54) is 5.56 Å². The van der Waals surface area contributed by atoms with E-state index in [0.717, 1.165) is 42.7 Å². The van der Waals surface area contributed by atoms with Crippen molar-refractivity contribution in [3.63, 3.8) is 0 Å². The fraction of sp³-hybridized carbons (Fsp3) is 0.571. The Bertz CT molecular complexity index is 729. The lowest BCUT2D eigenvalue weighted by Gasteiger charge is -2.29. The van der Waals surface area contributed by atoms with Crippen LogP contribution in [0.15, 0.2) is 28.7 Å². The number of aromatic nitrogens is 1. The highest BCUT2D eigenvalue weighted by atomic mass is 16.5. The summed E-state index contributed by atoms with van der Waals surface area (Å²) in [6.07, 6.45) is 3.11. The second-order valence-electron chi connectivity index (χ2n) is 7.28. The fourth-order valence-electron chi connectivity index (χ4n) is 3.37. The van der Waals surface area contributed by atoms with Gasteiger partial charge in [-0.15, -0.1) is 0 Å². The highest BCUT2D eigenvalue weighted by Gasteiger charge is 2.24. The van der Waals surface area contributed by atoms with E-state index in [-0.39, 0.29) is 25.4 Å². The molecule has 1 saturated carbocycles. The number of rotatable bonds is 8. The first-order valence-corrected chi connectivity index (χ1v) is 9.60. The molecule has 1 fully saturated rings. The van der Waals surface area contributed by atoms with Crippen molar-refractivity contribution in [1.82, 2.24) is 4.98 Å². The van der Waals surface area contributed by atoms with Gasteiger partial charge in [0.2, 0.25) is 5.89 Å². The molecule has 1 aliphatic carbocycles. The molecular weight excluding hydrogens is 346 g/mol. The van der Waals surface area contributed by atoms with Crippen molar-refractivity contribution >= 4 is 0 Å². The normalized spacial score (nSPS) is 21.3. The van der Waals surface area contributed by atoms with Crippen LogP contribution in [0.1, 0.15) is 42.7 Å². The van der Waals surface area contributed by atoms with Crippen LogP contribution in [-0.2, 0) is 16.1 Å². The summed E-state index contributed by atoms with van der Waals surface area (Å²) in [6, 6.07) is 8.09. The zero-order valence-electron chi connectivity index (χ0n) is 16.1. The van der Waals surface area contributed by atoms with Gasteiger partial charge in [0.05, 0.1) is 32.0 Å². The Morgan fingerprint density at radius 3 is 2.74 bits per heavy atom. The Morgan fingerprint density at radius 2 is 2.00 bits per heavy atom. The molecule has 1 heterocycles. The summed E-state index contributed by atoms with van der Waals surface area (Å²) in [7, 11) is 0. The minimum atomic E-state index is -0.816. The molecule has 0 aliphatic heterocycles. The van der Waals surface area contributed by atoms with Crippen LogP contribution in [-0.4, -0.2) is 46.7 Å². The number of nitrogens with zero attached hydrogens (tertiary/aromatic N) is 1. The Balaban J connectivity index is 1.54. The van der Waals surface area contributed by atoms with Gasteiger partial charge in [-0.2, -0.15) is 0 Å². The van der Waals surface area contributed by atoms with Crippen LogP contribution in [0.4, 0.5) is 0 Å². The molecule has 1 aromatic carbocycles. The zero-order valence-corrected chi connectivity index (χ0v) is 16.1. The highest BCUT2D eigenvalue weighted by molar-refractivity contribution is 5.54. The first kappa shape index (κ1) is 20.0. The summed E-state index contributed by atoms with van der Waals surface area (Å²) in [6.45, 7) is 4.26. The van der Waals surface area contributed by atoms with Crippen LogP contribution in [0.25, 0.3) is 11.5 Å². The van der Waals surface area contributed by atoms with Crippen LogP contribution in [0, 0.1) is 13.8 Å². The zero-order chi connectivity index (χ0) is 19.2. The van der Waals surface area contributed by atoms with Gasteiger partial charge in [0.1, 0.15) is 17.6 Å². The Hall–Kier alpha value is -1.73. The maximum atomic E-state index is 9.43. The van der Waals surface area contributed by atoms with E-state index in [9.17, 15) is 5.11 Å². The lowest BCUT2D eigenvalue weighted by molar-refractivity contribution is -0.0764. The van der Waals surface area contributed by atoms with E-state index in [1.54, 1.807) is 0 Å². The van der Waals surface area contributed by atoms with Gasteiger partial charge in [0, 0.05) is 5.56 Å². The summed E-state index contributed by atoms with van der Waals surface area (Å²) in [5, 5.41) is 18.3. The molecule has 0 amide bonds. The molecule has 27 heavy (non-hydrogen) atoms. The lowest BCUT2D eigenvalue weighted by atomic mass is 9.95. The number of aliphatic hydroxyl groups excluding tert-OH is 2. The molecule has 1 aromatic heterocycles. The van der Waals surface area contributed by atoms with Gasteiger partial charge in [0.15, 0.2) is 0 Å². The van der Waals surface area contributed by atoms with Crippen molar-refractivity contribution in [2.24, 2.45) is 0 Å². The van der Waals surface area contributed by atoms with Gasteiger partial charge < -0.3 is 24.1 Å². The molecule has 1 aliphatic rings.